The summed E-state index contributed by atoms with van der Waals surface area (Å²) in [6.45, 7) is 4.49. The van der Waals surface area contributed by atoms with E-state index in [0.29, 0.717) is 28.8 Å². The lowest BCUT2D eigenvalue weighted by atomic mass is 9.93. The first kappa shape index (κ1) is 22.3. The van der Waals surface area contributed by atoms with Gasteiger partial charge in [-0.25, -0.2) is 19.3 Å². The van der Waals surface area contributed by atoms with Gasteiger partial charge in [0.05, 0.1) is 18.6 Å². The third kappa shape index (κ3) is 4.09. The average molecular weight is 479 g/mol. The highest BCUT2D eigenvalue weighted by Gasteiger charge is 2.22. The molecule has 0 fully saturated rings. The molecule has 0 aliphatic heterocycles. The molecule has 0 radical (unpaired) electrons. The van der Waals surface area contributed by atoms with Crippen molar-refractivity contribution in [2.24, 2.45) is 5.92 Å². The molecule has 0 spiro atoms. The number of amides is 1. The van der Waals surface area contributed by atoms with Gasteiger partial charge in [-0.2, -0.15) is 0 Å². The van der Waals surface area contributed by atoms with Crippen LogP contribution in [0.25, 0.3) is 11.2 Å². The van der Waals surface area contributed by atoms with E-state index in [-0.39, 0.29) is 6.54 Å². The van der Waals surface area contributed by atoms with E-state index in [2.05, 4.69) is 22.2 Å². The van der Waals surface area contributed by atoms with Gasteiger partial charge in [-0.15, -0.1) is 11.3 Å². The number of anilines is 1. The van der Waals surface area contributed by atoms with Crippen molar-refractivity contribution in [3.63, 3.8) is 0 Å². The minimum Gasteiger partial charge on any atom is -0.325 e. The van der Waals surface area contributed by atoms with Crippen LogP contribution in [-0.2, 0) is 37.3 Å². The molecule has 34 heavy (non-hydrogen) atoms. The molecular weight excluding hydrogens is 452 g/mol. The molecule has 0 saturated heterocycles. The Balaban J connectivity index is 1.49. The van der Waals surface area contributed by atoms with Gasteiger partial charge in [-0.1, -0.05) is 37.3 Å². The second kappa shape index (κ2) is 9.02. The Morgan fingerprint density at radius 3 is 2.76 bits per heavy atom. The average Bonchev–Trinajstić information content (AvgIpc) is 3.43. The van der Waals surface area contributed by atoms with Gasteiger partial charge in [0.25, 0.3) is 5.56 Å². The first-order valence-electron chi connectivity index (χ1n) is 11.5. The van der Waals surface area contributed by atoms with Crippen molar-refractivity contribution in [2.45, 2.75) is 52.7 Å². The number of aromatic nitrogens is 5. The Bertz CT molecular complexity index is 1480. The number of benzene rings is 1. The van der Waals surface area contributed by atoms with Gasteiger partial charge in [0.2, 0.25) is 5.91 Å². The van der Waals surface area contributed by atoms with Gasteiger partial charge in [0.15, 0.2) is 16.3 Å². The number of imidazole rings is 1. The van der Waals surface area contributed by atoms with Gasteiger partial charge in [0, 0.05) is 11.4 Å². The maximum absolute atomic E-state index is 13.4. The van der Waals surface area contributed by atoms with Crippen molar-refractivity contribution >= 4 is 33.5 Å². The van der Waals surface area contributed by atoms with Crippen molar-refractivity contribution in [1.29, 1.82) is 0 Å². The smallest absolute Gasteiger partial charge is 0.325 e. The van der Waals surface area contributed by atoms with Crippen LogP contribution in [0.5, 0.6) is 0 Å². The van der Waals surface area contributed by atoms with E-state index in [1.165, 1.54) is 20.8 Å². The normalized spacial score (nSPS) is 15.4. The molecule has 1 N–H and O–H groups in total. The highest BCUT2D eigenvalue weighted by atomic mass is 32.1. The van der Waals surface area contributed by atoms with Crippen LogP contribution in [0.2, 0.25) is 0 Å². The highest BCUT2D eigenvalue weighted by molar-refractivity contribution is 7.15. The largest absolute Gasteiger partial charge is 0.333 e. The van der Waals surface area contributed by atoms with Crippen molar-refractivity contribution in [3.05, 3.63) is 73.6 Å². The zero-order valence-electron chi connectivity index (χ0n) is 19.2. The summed E-state index contributed by atoms with van der Waals surface area (Å²) in [7, 11) is 0. The summed E-state index contributed by atoms with van der Waals surface area (Å²) in [6.07, 6.45) is 4.51. The minimum absolute atomic E-state index is 0.246. The molecule has 1 aromatic carbocycles. The van der Waals surface area contributed by atoms with Crippen LogP contribution < -0.4 is 16.6 Å². The summed E-state index contributed by atoms with van der Waals surface area (Å²) in [5.41, 5.74) is 1.48. The van der Waals surface area contributed by atoms with Crippen LogP contribution in [0, 0.1) is 5.92 Å². The molecule has 4 aromatic rings. The number of rotatable bonds is 6. The standard InChI is InChI=1S/C24H26N6O3S/c1-3-28-14-25-21-20(28)22(32)30(24(33)29(21)12-16-7-5-4-6-8-16)13-19(31)27-23-26-17-10-9-15(2)11-18(17)34-23/h4-8,14-15H,3,9-13H2,1-2H3,(H,26,27,31)/t15-/m0/s1. The molecule has 0 saturated carbocycles. The number of hydrogen-bond acceptors (Lipinski definition) is 6. The van der Waals surface area contributed by atoms with Crippen molar-refractivity contribution < 1.29 is 4.79 Å². The summed E-state index contributed by atoms with van der Waals surface area (Å²) in [5.74, 6) is 0.153. The molecule has 1 amide bonds. The van der Waals surface area contributed by atoms with Gasteiger partial charge in [-0.05, 0) is 37.7 Å². The van der Waals surface area contributed by atoms with E-state index >= 15 is 0 Å². The topological polar surface area (TPSA) is 104 Å². The summed E-state index contributed by atoms with van der Waals surface area (Å²) < 4.78 is 4.14. The van der Waals surface area contributed by atoms with Crippen LogP contribution in [0.15, 0.2) is 46.2 Å². The van der Waals surface area contributed by atoms with Crippen LogP contribution in [-0.4, -0.2) is 29.6 Å². The Labute approximate surface area is 199 Å². The quantitative estimate of drug-likeness (QED) is 0.459. The van der Waals surface area contributed by atoms with Crippen LogP contribution in [0.3, 0.4) is 0 Å². The Morgan fingerprint density at radius 2 is 2.00 bits per heavy atom. The molecule has 0 unspecified atom stereocenters. The maximum Gasteiger partial charge on any atom is 0.333 e. The maximum atomic E-state index is 13.4. The minimum atomic E-state index is -0.565. The van der Waals surface area contributed by atoms with E-state index in [1.807, 2.05) is 37.3 Å². The molecule has 1 aliphatic rings. The van der Waals surface area contributed by atoms with Crippen molar-refractivity contribution in [2.75, 3.05) is 5.32 Å². The van der Waals surface area contributed by atoms with Crippen LogP contribution in [0.4, 0.5) is 5.13 Å². The molecule has 9 nitrogen and oxygen atoms in total. The number of carbonyl (C=O) groups is 1. The molecule has 176 valence electrons. The second-order valence-electron chi connectivity index (χ2n) is 8.73. The molecular formula is C24H26N6O3S. The Hall–Kier alpha value is -3.53. The fourth-order valence-electron chi connectivity index (χ4n) is 4.42. The third-order valence-corrected chi connectivity index (χ3v) is 7.28. The lowest BCUT2D eigenvalue weighted by molar-refractivity contribution is -0.116. The lowest BCUT2D eigenvalue weighted by Crippen LogP contribution is -2.43. The summed E-state index contributed by atoms with van der Waals surface area (Å²) in [4.78, 5) is 49.6. The van der Waals surface area contributed by atoms with Gasteiger partial charge in [-0.3, -0.25) is 14.2 Å². The molecule has 1 aliphatic carbocycles. The SMILES string of the molecule is CCn1cnc2c1c(=O)n(CC(=O)Nc1nc3c(s1)C[C@@H](C)CC3)c(=O)n2Cc1ccccc1. The monoisotopic (exact) mass is 478 g/mol. The summed E-state index contributed by atoms with van der Waals surface area (Å²) in [5, 5.41) is 3.31. The van der Waals surface area contributed by atoms with Gasteiger partial charge >= 0.3 is 5.69 Å². The molecule has 10 heteroatoms. The predicted molar refractivity (Wildman–Crippen MR) is 131 cm³/mol. The predicted octanol–water partition coefficient (Wildman–Crippen LogP) is 2.65. The number of thiazole rings is 1. The number of aryl methyl sites for hydroxylation is 2. The van der Waals surface area contributed by atoms with E-state index in [0.717, 1.165) is 35.1 Å². The van der Waals surface area contributed by atoms with E-state index in [9.17, 15) is 14.4 Å². The van der Waals surface area contributed by atoms with Crippen molar-refractivity contribution in [1.82, 2.24) is 23.7 Å². The fraction of sp³-hybridized carbons (Fsp3) is 0.375. The Morgan fingerprint density at radius 1 is 1.21 bits per heavy atom. The molecule has 1 atom stereocenters. The van der Waals surface area contributed by atoms with E-state index in [4.69, 9.17) is 0 Å². The third-order valence-electron chi connectivity index (χ3n) is 6.24. The number of carbonyl (C=O) groups excluding carboxylic acids is 1. The first-order chi connectivity index (χ1) is 16.4. The number of nitrogens with zero attached hydrogens (tertiary/aromatic N) is 5. The fourth-order valence-corrected chi connectivity index (χ4v) is 5.61. The van der Waals surface area contributed by atoms with Gasteiger partial charge in [0.1, 0.15) is 6.54 Å². The summed E-state index contributed by atoms with van der Waals surface area (Å²) in [6, 6.07) is 9.49. The van der Waals surface area contributed by atoms with Crippen LogP contribution in [0.1, 0.15) is 36.4 Å². The van der Waals surface area contributed by atoms with Gasteiger partial charge < -0.3 is 9.88 Å². The highest BCUT2D eigenvalue weighted by Crippen LogP contribution is 2.32. The number of hydrogen-bond donors (Lipinski definition) is 1. The molecule has 0 bridgehead atoms. The number of fused-ring (bicyclic) bond motifs is 2. The zero-order chi connectivity index (χ0) is 23.8. The Kier molecular flexibility index (Phi) is 5.91. The van der Waals surface area contributed by atoms with E-state index < -0.39 is 23.7 Å². The molecule has 5 rings (SSSR count). The van der Waals surface area contributed by atoms with Crippen LogP contribution >= 0.6 is 11.3 Å². The lowest BCUT2D eigenvalue weighted by Gasteiger charge is -2.15. The second-order valence-corrected chi connectivity index (χ2v) is 9.82. The van der Waals surface area contributed by atoms with E-state index in [1.54, 1.807) is 10.9 Å². The first-order valence-corrected chi connectivity index (χ1v) is 12.3. The van der Waals surface area contributed by atoms with Crippen molar-refractivity contribution in [3.8, 4) is 0 Å². The molecule has 3 aromatic heterocycles. The number of nitrogens with one attached hydrogen (secondary N) is 1. The molecule has 3 heterocycles. The zero-order valence-corrected chi connectivity index (χ0v) is 20.0. The summed E-state index contributed by atoms with van der Waals surface area (Å²) >= 11 is 1.47.